The van der Waals surface area contributed by atoms with E-state index in [9.17, 15) is 9.90 Å². The first-order chi connectivity index (χ1) is 8.53. The van der Waals surface area contributed by atoms with Crippen molar-refractivity contribution >= 4 is 5.97 Å². The number of carbonyl (C=O) groups excluding carboxylic acids is 1. The largest absolute Gasteiger partial charge is 0.468 e. The summed E-state index contributed by atoms with van der Waals surface area (Å²) in [6.07, 6.45) is 3.81. The molecule has 0 amide bonds. The highest BCUT2D eigenvalue weighted by Crippen LogP contribution is 2.30. The first kappa shape index (κ1) is 13.1. The third kappa shape index (κ3) is 3.11. The number of carbonyl (C=O) groups is 1. The maximum atomic E-state index is 11.5. The lowest BCUT2D eigenvalue weighted by atomic mass is 10.1. The summed E-state index contributed by atoms with van der Waals surface area (Å²) in [4.78, 5) is 13.6. The van der Waals surface area contributed by atoms with E-state index < -0.39 is 11.6 Å². The van der Waals surface area contributed by atoms with Gasteiger partial charge in [0.1, 0.15) is 5.76 Å². The van der Waals surface area contributed by atoms with Crippen LogP contribution in [-0.4, -0.2) is 41.3 Å². The van der Waals surface area contributed by atoms with Crippen molar-refractivity contribution in [1.29, 1.82) is 0 Å². The molecular formula is C13H19NO4. The lowest BCUT2D eigenvalue weighted by molar-refractivity contribution is -0.162. The molecule has 0 aliphatic heterocycles. The summed E-state index contributed by atoms with van der Waals surface area (Å²) in [5.41, 5.74) is -1.48. The fourth-order valence-electron chi connectivity index (χ4n) is 2.04. The SMILES string of the molecule is COC(=O)C(C)(O)CN(Cc1ccco1)C1CC1. The normalized spacial score (nSPS) is 18.7. The Labute approximate surface area is 106 Å². The van der Waals surface area contributed by atoms with Crippen LogP contribution in [0, 0.1) is 0 Å². The summed E-state index contributed by atoms with van der Waals surface area (Å²) in [7, 11) is 1.28. The standard InChI is InChI=1S/C13H19NO4/c1-13(16,12(15)17-2)9-14(10-5-6-10)8-11-4-3-7-18-11/h3-4,7,10,16H,5-6,8-9H2,1-2H3. The summed E-state index contributed by atoms with van der Waals surface area (Å²) in [5, 5.41) is 10.1. The minimum Gasteiger partial charge on any atom is -0.468 e. The number of hydrogen-bond donors (Lipinski definition) is 1. The highest BCUT2D eigenvalue weighted by molar-refractivity contribution is 5.78. The Balaban J connectivity index is 2.00. The molecule has 1 fully saturated rings. The van der Waals surface area contributed by atoms with Crippen molar-refractivity contribution in [2.45, 2.75) is 38.0 Å². The van der Waals surface area contributed by atoms with Crippen LogP contribution in [-0.2, 0) is 16.1 Å². The number of hydrogen-bond acceptors (Lipinski definition) is 5. The van der Waals surface area contributed by atoms with Gasteiger partial charge in [-0.3, -0.25) is 4.90 Å². The van der Waals surface area contributed by atoms with Gasteiger partial charge in [-0.15, -0.1) is 0 Å². The van der Waals surface area contributed by atoms with E-state index >= 15 is 0 Å². The van der Waals surface area contributed by atoms with Crippen molar-refractivity contribution in [1.82, 2.24) is 4.90 Å². The lowest BCUT2D eigenvalue weighted by Crippen LogP contribution is -2.47. The van der Waals surface area contributed by atoms with E-state index in [1.54, 1.807) is 6.26 Å². The quantitative estimate of drug-likeness (QED) is 0.771. The zero-order valence-electron chi connectivity index (χ0n) is 10.8. The molecule has 0 bridgehead atoms. The van der Waals surface area contributed by atoms with Gasteiger partial charge in [0, 0.05) is 12.6 Å². The Morgan fingerprint density at radius 2 is 2.39 bits per heavy atom. The van der Waals surface area contributed by atoms with Crippen LogP contribution in [0.3, 0.4) is 0 Å². The van der Waals surface area contributed by atoms with E-state index in [-0.39, 0.29) is 6.54 Å². The van der Waals surface area contributed by atoms with E-state index in [4.69, 9.17) is 4.42 Å². The first-order valence-corrected chi connectivity index (χ1v) is 6.10. The van der Waals surface area contributed by atoms with Gasteiger partial charge in [-0.05, 0) is 31.9 Å². The summed E-state index contributed by atoms with van der Waals surface area (Å²) in [5.74, 6) is 0.232. The second-order valence-electron chi connectivity index (χ2n) is 4.98. The van der Waals surface area contributed by atoms with Crippen molar-refractivity contribution < 1.29 is 19.1 Å². The van der Waals surface area contributed by atoms with E-state index in [1.807, 2.05) is 12.1 Å². The number of rotatable bonds is 6. The van der Waals surface area contributed by atoms with Gasteiger partial charge < -0.3 is 14.3 Å². The zero-order valence-corrected chi connectivity index (χ0v) is 10.8. The number of aliphatic hydroxyl groups is 1. The molecular weight excluding hydrogens is 234 g/mol. The minimum atomic E-state index is -1.48. The molecule has 5 nitrogen and oxygen atoms in total. The zero-order chi connectivity index (χ0) is 13.2. The highest BCUT2D eigenvalue weighted by atomic mass is 16.5. The van der Waals surface area contributed by atoms with Crippen LogP contribution < -0.4 is 0 Å². The molecule has 2 rings (SSSR count). The molecule has 0 saturated heterocycles. The third-order valence-electron chi connectivity index (χ3n) is 3.14. The molecule has 18 heavy (non-hydrogen) atoms. The minimum absolute atomic E-state index is 0.255. The molecule has 1 N–H and O–H groups in total. The molecule has 1 unspecified atom stereocenters. The lowest BCUT2D eigenvalue weighted by Gasteiger charge is -2.29. The van der Waals surface area contributed by atoms with Gasteiger partial charge >= 0.3 is 5.97 Å². The van der Waals surface area contributed by atoms with Crippen LogP contribution in [0.1, 0.15) is 25.5 Å². The number of furan rings is 1. The fourth-order valence-corrected chi connectivity index (χ4v) is 2.04. The summed E-state index contributed by atoms with van der Waals surface area (Å²) in [6, 6.07) is 4.15. The second kappa shape index (κ2) is 5.12. The molecule has 0 radical (unpaired) electrons. The van der Waals surface area contributed by atoms with E-state index in [0.29, 0.717) is 12.6 Å². The predicted molar refractivity (Wildman–Crippen MR) is 64.8 cm³/mol. The van der Waals surface area contributed by atoms with Crippen LogP contribution in [0.4, 0.5) is 0 Å². The number of ether oxygens (including phenoxy) is 1. The summed E-state index contributed by atoms with van der Waals surface area (Å²) < 4.78 is 9.92. The summed E-state index contributed by atoms with van der Waals surface area (Å²) in [6.45, 7) is 2.34. The first-order valence-electron chi connectivity index (χ1n) is 6.10. The second-order valence-corrected chi connectivity index (χ2v) is 4.98. The molecule has 0 spiro atoms. The Hall–Kier alpha value is -1.33. The summed E-state index contributed by atoms with van der Waals surface area (Å²) >= 11 is 0. The smallest absolute Gasteiger partial charge is 0.338 e. The van der Waals surface area contributed by atoms with E-state index in [0.717, 1.165) is 18.6 Å². The maximum Gasteiger partial charge on any atom is 0.338 e. The van der Waals surface area contributed by atoms with Crippen molar-refractivity contribution in [3.05, 3.63) is 24.2 Å². The molecule has 1 atom stereocenters. The molecule has 1 aromatic heterocycles. The average molecular weight is 253 g/mol. The molecule has 1 heterocycles. The molecule has 1 aliphatic rings. The van der Waals surface area contributed by atoms with Gasteiger partial charge in [0.15, 0.2) is 5.60 Å². The van der Waals surface area contributed by atoms with Crippen LogP contribution in [0.25, 0.3) is 0 Å². The molecule has 5 heteroatoms. The van der Waals surface area contributed by atoms with Crippen LogP contribution in [0.2, 0.25) is 0 Å². The molecule has 100 valence electrons. The van der Waals surface area contributed by atoms with Crippen molar-refractivity contribution in [3.63, 3.8) is 0 Å². The van der Waals surface area contributed by atoms with E-state index in [2.05, 4.69) is 9.64 Å². The van der Waals surface area contributed by atoms with Gasteiger partial charge in [-0.1, -0.05) is 0 Å². The Morgan fingerprint density at radius 1 is 1.67 bits per heavy atom. The molecule has 1 aromatic rings. The fraction of sp³-hybridized carbons (Fsp3) is 0.615. The molecule has 1 aliphatic carbocycles. The Kier molecular flexibility index (Phi) is 3.73. The van der Waals surface area contributed by atoms with Gasteiger partial charge in [0.25, 0.3) is 0 Å². The topological polar surface area (TPSA) is 62.9 Å². The van der Waals surface area contributed by atoms with Gasteiger partial charge in [0.05, 0.1) is 19.9 Å². The van der Waals surface area contributed by atoms with Crippen LogP contribution >= 0.6 is 0 Å². The van der Waals surface area contributed by atoms with Gasteiger partial charge in [-0.25, -0.2) is 4.79 Å². The molecule has 0 aromatic carbocycles. The van der Waals surface area contributed by atoms with Crippen molar-refractivity contribution in [2.75, 3.05) is 13.7 Å². The Bertz CT molecular complexity index is 395. The number of methoxy groups -OCH3 is 1. The predicted octanol–water partition coefficient (Wildman–Crippen LogP) is 1.17. The van der Waals surface area contributed by atoms with Crippen LogP contribution in [0.5, 0.6) is 0 Å². The third-order valence-corrected chi connectivity index (χ3v) is 3.14. The average Bonchev–Trinajstić information content (AvgIpc) is 3.06. The Morgan fingerprint density at radius 3 is 2.89 bits per heavy atom. The number of esters is 1. The van der Waals surface area contributed by atoms with Crippen molar-refractivity contribution in [2.24, 2.45) is 0 Å². The maximum absolute atomic E-state index is 11.5. The monoisotopic (exact) mass is 253 g/mol. The molecule has 1 saturated carbocycles. The van der Waals surface area contributed by atoms with Crippen molar-refractivity contribution in [3.8, 4) is 0 Å². The number of nitrogens with zero attached hydrogens (tertiary/aromatic N) is 1. The van der Waals surface area contributed by atoms with Crippen LogP contribution in [0.15, 0.2) is 22.8 Å². The van der Waals surface area contributed by atoms with E-state index in [1.165, 1.54) is 14.0 Å². The highest BCUT2D eigenvalue weighted by Gasteiger charge is 2.39. The van der Waals surface area contributed by atoms with Gasteiger partial charge in [-0.2, -0.15) is 0 Å². The van der Waals surface area contributed by atoms with Gasteiger partial charge in [0.2, 0.25) is 0 Å².